The first-order valence-corrected chi connectivity index (χ1v) is 7.31. The average Bonchev–Trinajstić information content (AvgIpc) is 2.76. The first kappa shape index (κ1) is 12.4. The Labute approximate surface area is 101 Å². The van der Waals surface area contributed by atoms with Gasteiger partial charge in [-0.25, -0.2) is 0 Å². The Balaban J connectivity index is 1.59. The molecule has 2 heteroatoms. The van der Waals surface area contributed by atoms with Crippen LogP contribution in [0.1, 0.15) is 45.4 Å². The monoisotopic (exact) mass is 224 g/mol. The quantitative estimate of drug-likeness (QED) is 0.772. The Hall–Kier alpha value is -0.0800. The molecule has 2 aliphatic rings. The highest BCUT2D eigenvalue weighted by Gasteiger charge is 2.22. The number of rotatable bonds is 5. The van der Waals surface area contributed by atoms with Crippen LogP contribution in [-0.4, -0.2) is 37.6 Å². The topological polar surface area (TPSA) is 15.3 Å². The van der Waals surface area contributed by atoms with Crippen molar-refractivity contribution < 1.29 is 0 Å². The van der Waals surface area contributed by atoms with E-state index in [0.717, 1.165) is 11.8 Å². The maximum absolute atomic E-state index is 3.52. The summed E-state index contributed by atoms with van der Waals surface area (Å²) < 4.78 is 0. The first-order valence-electron chi connectivity index (χ1n) is 7.31. The van der Waals surface area contributed by atoms with Crippen molar-refractivity contribution in [2.75, 3.05) is 32.7 Å². The number of hydrogen-bond acceptors (Lipinski definition) is 2. The predicted octanol–water partition coefficient (Wildman–Crippen LogP) is 2.50. The fourth-order valence-corrected chi connectivity index (χ4v) is 3.30. The predicted molar refractivity (Wildman–Crippen MR) is 69.7 cm³/mol. The summed E-state index contributed by atoms with van der Waals surface area (Å²) in [6.45, 7) is 8.94. The van der Waals surface area contributed by atoms with E-state index >= 15 is 0 Å². The molecule has 2 nitrogen and oxygen atoms in total. The number of hydrogen-bond donors (Lipinski definition) is 1. The summed E-state index contributed by atoms with van der Waals surface area (Å²) in [6.07, 6.45) is 8.54. The van der Waals surface area contributed by atoms with Crippen LogP contribution in [0.5, 0.6) is 0 Å². The molecule has 2 saturated heterocycles. The minimum Gasteiger partial charge on any atom is -0.316 e. The second-order valence-corrected chi connectivity index (χ2v) is 5.75. The van der Waals surface area contributed by atoms with Crippen LogP contribution < -0.4 is 5.32 Å². The highest BCUT2D eigenvalue weighted by molar-refractivity contribution is 4.77. The molecule has 2 heterocycles. The zero-order valence-corrected chi connectivity index (χ0v) is 10.9. The summed E-state index contributed by atoms with van der Waals surface area (Å²) in [6, 6.07) is 0. The molecular weight excluding hydrogens is 196 g/mol. The molecular formula is C14H28N2. The molecule has 2 unspecified atom stereocenters. The maximum atomic E-state index is 3.52. The molecule has 0 aromatic heterocycles. The van der Waals surface area contributed by atoms with E-state index in [9.17, 15) is 0 Å². The molecule has 16 heavy (non-hydrogen) atoms. The van der Waals surface area contributed by atoms with Gasteiger partial charge < -0.3 is 10.2 Å². The SMILES string of the molecule is CCCC1CCN(CCC2CCCNC2)C1. The highest BCUT2D eigenvalue weighted by Crippen LogP contribution is 2.22. The van der Waals surface area contributed by atoms with Gasteiger partial charge >= 0.3 is 0 Å². The third kappa shape index (κ3) is 3.74. The largest absolute Gasteiger partial charge is 0.316 e. The van der Waals surface area contributed by atoms with Gasteiger partial charge in [0, 0.05) is 6.54 Å². The third-order valence-corrected chi connectivity index (χ3v) is 4.32. The maximum Gasteiger partial charge on any atom is 0.00101 e. The van der Waals surface area contributed by atoms with Crippen LogP contribution in [0, 0.1) is 11.8 Å². The lowest BCUT2D eigenvalue weighted by Crippen LogP contribution is -2.32. The molecule has 0 saturated carbocycles. The van der Waals surface area contributed by atoms with Crippen LogP contribution in [0.15, 0.2) is 0 Å². The van der Waals surface area contributed by atoms with Gasteiger partial charge in [0.2, 0.25) is 0 Å². The molecule has 94 valence electrons. The Bertz CT molecular complexity index is 187. The van der Waals surface area contributed by atoms with Crippen LogP contribution in [0.2, 0.25) is 0 Å². The fourth-order valence-electron chi connectivity index (χ4n) is 3.30. The average molecular weight is 224 g/mol. The van der Waals surface area contributed by atoms with Gasteiger partial charge in [0.05, 0.1) is 0 Å². The molecule has 2 aliphatic heterocycles. The Morgan fingerprint density at radius 2 is 2.12 bits per heavy atom. The second kappa shape index (κ2) is 6.61. The van der Waals surface area contributed by atoms with Gasteiger partial charge in [0.25, 0.3) is 0 Å². The summed E-state index contributed by atoms with van der Waals surface area (Å²) in [4.78, 5) is 2.70. The standard InChI is InChI=1S/C14H28N2/c1-2-4-14-7-10-16(12-14)9-6-13-5-3-8-15-11-13/h13-15H,2-12H2,1H3. The van der Waals surface area contributed by atoms with E-state index in [1.807, 2.05) is 0 Å². The number of nitrogens with zero attached hydrogens (tertiary/aromatic N) is 1. The summed E-state index contributed by atoms with van der Waals surface area (Å²) in [5.41, 5.74) is 0. The van der Waals surface area contributed by atoms with Crippen molar-refractivity contribution in [3.05, 3.63) is 0 Å². The van der Waals surface area contributed by atoms with Crippen molar-refractivity contribution in [2.24, 2.45) is 11.8 Å². The van der Waals surface area contributed by atoms with Gasteiger partial charge in [-0.15, -0.1) is 0 Å². The van der Waals surface area contributed by atoms with E-state index in [1.54, 1.807) is 0 Å². The third-order valence-electron chi connectivity index (χ3n) is 4.32. The lowest BCUT2D eigenvalue weighted by molar-refractivity contribution is 0.266. The summed E-state index contributed by atoms with van der Waals surface area (Å²) in [5, 5.41) is 3.52. The number of piperidine rings is 1. The zero-order valence-electron chi connectivity index (χ0n) is 10.9. The fraction of sp³-hybridized carbons (Fsp3) is 1.00. The first-order chi connectivity index (χ1) is 7.88. The van der Waals surface area contributed by atoms with Gasteiger partial charge in [-0.2, -0.15) is 0 Å². The molecule has 0 aromatic rings. The minimum absolute atomic E-state index is 0.957. The molecule has 2 atom stereocenters. The van der Waals surface area contributed by atoms with Gasteiger partial charge in [-0.05, 0) is 70.1 Å². The van der Waals surface area contributed by atoms with Crippen molar-refractivity contribution in [2.45, 2.75) is 45.4 Å². The normalized spacial score (nSPS) is 32.1. The van der Waals surface area contributed by atoms with E-state index in [4.69, 9.17) is 0 Å². The van der Waals surface area contributed by atoms with Crippen LogP contribution in [0.25, 0.3) is 0 Å². The summed E-state index contributed by atoms with van der Waals surface area (Å²) in [5.74, 6) is 1.97. The van der Waals surface area contributed by atoms with Crippen LogP contribution in [0.4, 0.5) is 0 Å². The summed E-state index contributed by atoms with van der Waals surface area (Å²) in [7, 11) is 0. The van der Waals surface area contributed by atoms with Crippen molar-refractivity contribution in [1.29, 1.82) is 0 Å². The lowest BCUT2D eigenvalue weighted by Gasteiger charge is -2.25. The Kier molecular flexibility index (Phi) is 5.11. The molecule has 1 N–H and O–H groups in total. The van der Waals surface area contributed by atoms with E-state index in [2.05, 4.69) is 17.1 Å². The van der Waals surface area contributed by atoms with E-state index < -0.39 is 0 Å². The minimum atomic E-state index is 0.957. The molecule has 2 fully saturated rings. The molecule has 2 rings (SSSR count). The Morgan fingerprint density at radius 1 is 1.19 bits per heavy atom. The molecule has 0 amide bonds. The van der Waals surface area contributed by atoms with Crippen LogP contribution in [0.3, 0.4) is 0 Å². The molecule has 0 aliphatic carbocycles. The summed E-state index contributed by atoms with van der Waals surface area (Å²) >= 11 is 0. The molecule has 0 spiro atoms. The zero-order chi connectivity index (χ0) is 11.2. The highest BCUT2D eigenvalue weighted by atomic mass is 15.1. The van der Waals surface area contributed by atoms with Crippen LogP contribution in [-0.2, 0) is 0 Å². The Morgan fingerprint density at radius 3 is 2.88 bits per heavy atom. The van der Waals surface area contributed by atoms with Gasteiger partial charge in [0.1, 0.15) is 0 Å². The molecule has 0 aromatic carbocycles. The smallest absolute Gasteiger partial charge is 0.00101 e. The van der Waals surface area contributed by atoms with Gasteiger partial charge in [-0.3, -0.25) is 0 Å². The van der Waals surface area contributed by atoms with E-state index in [0.29, 0.717) is 0 Å². The van der Waals surface area contributed by atoms with Crippen molar-refractivity contribution in [3.63, 3.8) is 0 Å². The van der Waals surface area contributed by atoms with E-state index in [1.165, 1.54) is 71.2 Å². The van der Waals surface area contributed by atoms with Crippen molar-refractivity contribution in [3.8, 4) is 0 Å². The van der Waals surface area contributed by atoms with E-state index in [-0.39, 0.29) is 0 Å². The molecule has 0 bridgehead atoms. The van der Waals surface area contributed by atoms with Crippen LogP contribution >= 0.6 is 0 Å². The lowest BCUT2D eigenvalue weighted by atomic mass is 9.96. The van der Waals surface area contributed by atoms with Crippen molar-refractivity contribution >= 4 is 0 Å². The number of likely N-dealkylation sites (tertiary alicyclic amines) is 1. The van der Waals surface area contributed by atoms with Gasteiger partial charge in [-0.1, -0.05) is 13.3 Å². The molecule has 0 radical (unpaired) electrons. The van der Waals surface area contributed by atoms with Gasteiger partial charge in [0.15, 0.2) is 0 Å². The van der Waals surface area contributed by atoms with Crippen molar-refractivity contribution in [1.82, 2.24) is 10.2 Å². The second-order valence-electron chi connectivity index (χ2n) is 5.75. The number of nitrogens with one attached hydrogen (secondary N) is 1.